The quantitative estimate of drug-likeness (QED) is 0.579. The summed E-state index contributed by atoms with van der Waals surface area (Å²) in [6, 6.07) is 17.1. The van der Waals surface area contributed by atoms with Crippen molar-refractivity contribution in [2.75, 3.05) is 13.1 Å². The zero-order chi connectivity index (χ0) is 20.2. The van der Waals surface area contributed by atoms with Crippen molar-refractivity contribution in [3.63, 3.8) is 0 Å². The van der Waals surface area contributed by atoms with E-state index in [1.54, 1.807) is 10.3 Å². The molecule has 1 atom stereocenters. The standard InChI is InChI=1S/C23H22N2O3S/c1-16-9-11-18(12-10-16)21-24-19(15-29-21)23(27)28-20(17-7-3-2-4-8-17)22(26)25-13-5-6-14-25/h2-4,7-12,15,20H,5-6,13-14H2,1H3/t20-/m0/s1. The van der Waals surface area contributed by atoms with Crippen LogP contribution in [-0.2, 0) is 9.53 Å². The van der Waals surface area contributed by atoms with Gasteiger partial charge in [0.1, 0.15) is 5.01 Å². The average Bonchev–Trinajstić information content (AvgIpc) is 3.45. The van der Waals surface area contributed by atoms with Gasteiger partial charge in [0.25, 0.3) is 5.91 Å². The molecule has 2 heterocycles. The first-order chi connectivity index (χ1) is 14.1. The van der Waals surface area contributed by atoms with Gasteiger partial charge in [-0.3, -0.25) is 4.79 Å². The molecule has 1 aliphatic rings. The second-order valence-electron chi connectivity index (χ2n) is 7.13. The number of hydrogen-bond donors (Lipinski definition) is 0. The molecule has 1 saturated heterocycles. The Morgan fingerprint density at radius 1 is 1.03 bits per heavy atom. The van der Waals surface area contributed by atoms with E-state index in [1.807, 2.05) is 61.5 Å². The van der Waals surface area contributed by atoms with E-state index in [-0.39, 0.29) is 11.6 Å². The van der Waals surface area contributed by atoms with Crippen LogP contribution in [0.15, 0.2) is 60.0 Å². The van der Waals surface area contributed by atoms with Crippen LogP contribution in [0.25, 0.3) is 10.6 Å². The van der Waals surface area contributed by atoms with Crippen molar-refractivity contribution in [2.24, 2.45) is 0 Å². The van der Waals surface area contributed by atoms with Crippen molar-refractivity contribution in [2.45, 2.75) is 25.9 Å². The summed E-state index contributed by atoms with van der Waals surface area (Å²) in [6.45, 7) is 3.43. The fraction of sp³-hybridized carbons (Fsp3) is 0.261. The summed E-state index contributed by atoms with van der Waals surface area (Å²) in [4.78, 5) is 32.0. The Bertz CT molecular complexity index is 992. The Morgan fingerprint density at radius 2 is 1.72 bits per heavy atom. The molecule has 29 heavy (non-hydrogen) atoms. The molecule has 1 aliphatic heterocycles. The van der Waals surface area contributed by atoms with E-state index in [4.69, 9.17) is 4.74 Å². The maximum absolute atomic E-state index is 13.0. The first-order valence-electron chi connectivity index (χ1n) is 9.69. The summed E-state index contributed by atoms with van der Waals surface area (Å²) in [5, 5.41) is 2.43. The molecule has 0 N–H and O–H groups in total. The van der Waals surface area contributed by atoms with Gasteiger partial charge < -0.3 is 9.64 Å². The van der Waals surface area contributed by atoms with Gasteiger partial charge in [-0.1, -0.05) is 60.2 Å². The molecule has 2 aromatic carbocycles. The zero-order valence-corrected chi connectivity index (χ0v) is 17.0. The number of aromatic nitrogens is 1. The van der Waals surface area contributed by atoms with Crippen LogP contribution in [0.4, 0.5) is 0 Å². The number of ether oxygens (including phenoxy) is 1. The predicted molar refractivity (Wildman–Crippen MR) is 113 cm³/mol. The summed E-state index contributed by atoms with van der Waals surface area (Å²) in [5.41, 5.74) is 3.01. The van der Waals surface area contributed by atoms with Crippen LogP contribution in [-0.4, -0.2) is 34.8 Å². The van der Waals surface area contributed by atoms with E-state index < -0.39 is 12.1 Å². The predicted octanol–water partition coefficient (Wildman–Crippen LogP) is 4.64. The smallest absolute Gasteiger partial charge is 0.358 e. The van der Waals surface area contributed by atoms with Gasteiger partial charge in [0.05, 0.1) is 0 Å². The molecule has 4 rings (SSSR count). The number of carbonyl (C=O) groups is 2. The van der Waals surface area contributed by atoms with Gasteiger partial charge >= 0.3 is 5.97 Å². The molecule has 148 valence electrons. The lowest BCUT2D eigenvalue weighted by Crippen LogP contribution is -2.34. The summed E-state index contributed by atoms with van der Waals surface area (Å²) in [6.07, 6.45) is 1.01. The first kappa shape index (κ1) is 19.3. The lowest BCUT2D eigenvalue weighted by Gasteiger charge is -2.23. The Balaban J connectivity index is 1.55. The Morgan fingerprint density at radius 3 is 2.41 bits per heavy atom. The SMILES string of the molecule is Cc1ccc(-c2nc(C(=O)O[C@H](C(=O)N3CCCC3)c3ccccc3)cs2)cc1. The van der Waals surface area contributed by atoms with Crippen molar-refractivity contribution >= 4 is 23.2 Å². The molecule has 5 nitrogen and oxygen atoms in total. The van der Waals surface area contributed by atoms with Crippen LogP contribution in [0.3, 0.4) is 0 Å². The number of esters is 1. The molecular formula is C23H22N2O3S. The van der Waals surface area contributed by atoms with Crippen molar-refractivity contribution in [1.29, 1.82) is 0 Å². The van der Waals surface area contributed by atoms with Crippen LogP contribution >= 0.6 is 11.3 Å². The van der Waals surface area contributed by atoms with Crippen molar-refractivity contribution in [3.8, 4) is 10.6 Å². The topological polar surface area (TPSA) is 59.5 Å². The number of rotatable bonds is 5. The van der Waals surface area contributed by atoms with Gasteiger partial charge in [-0.15, -0.1) is 11.3 Å². The van der Waals surface area contributed by atoms with E-state index in [2.05, 4.69) is 4.98 Å². The van der Waals surface area contributed by atoms with E-state index in [0.29, 0.717) is 18.7 Å². The van der Waals surface area contributed by atoms with E-state index >= 15 is 0 Å². The molecule has 0 radical (unpaired) electrons. The third-order valence-corrected chi connectivity index (χ3v) is 5.87. The van der Waals surface area contributed by atoms with E-state index in [1.165, 1.54) is 11.3 Å². The number of nitrogens with zero attached hydrogens (tertiary/aromatic N) is 2. The van der Waals surface area contributed by atoms with Gasteiger partial charge in [-0.05, 0) is 19.8 Å². The minimum absolute atomic E-state index is 0.170. The van der Waals surface area contributed by atoms with Crippen LogP contribution in [0.2, 0.25) is 0 Å². The molecule has 0 bridgehead atoms. The minimum Gasteiger partial charge on any atom is -0.443 e. The molecule has 6 heteroatoms. The van der Waals surface area contributed by atoms with Crippen LogP contribution in [0.1, 0.15) is 40.6 Å². The minimum atomic E-state index is -0.952. The second kappa shape index (κ2) is 8.57. The lowest BCUT2D eigenvalue weighted by molar-refractivity contribution is -0.140. The highest BCUT2D eigenvalue weighted by Gasteiger charge is 2.31. The highest BCUT2D eigenvalue weighted by molar-refractivity contribution is 7.13. The second-order valence-corrected chi connectivity index (χ2v) is 7.99. The molecule has 0 aliphatic carbocycles. The molecule has 1 fully saturated rings. The normalized spacial score (nSPS) is 14.6. The number of benzene rings is 2. The van der Waals surface area contributed by atoms with Crippen molar-refractivity contribution < 1.29 is 14.3 Å². The Hall–Kier alpha value is -2.99. The fourth-order valence-electron chi connectivity index (χ4n) is 3.36. The third kappa shape index (κ3) is 4.38. The highest BCUT2D eigenvalue weighted by Crippen LogP contribution is 2.27. The molecule has 1 aromatic heterocycles. The molecule has 3 aromatic rings. The average molecular weight is 407 g/mol. The number of likely N-dealkylation sites (tertiary alicyclic amines) is 1. The number of thiazole rings is 1. The summed E-state index contributed by atoms with van der Waals surface area (Å²) < 4.78 is 5.68. The molecular weight excluding hydrogens is 384 g/mol. The maximum atomic E-state index is 13.0. The highest BCUT2D eigenvalue weighted by atomic mass is 32.1. The lowest BCUT2D eigenvalue weighted by atomic mass is 10.1. The van der Waals surface area contributed by atoms with Crippen LogP contribution < -0.4 is 0 Å². The maximum Gasteiger partial charge on any atom is 0.358 e. The summed E-state index contributed by atoms with van der Waals surface area (Å²) >= 11 is 1.39. The van der Waals surface area contributed by atoms with Gasteiger partial charge in [-0.25, -0.2) is 9.78 Å². The van der Waals surface area contributed by atoms with Gasteiger partial charge in [0.2, 0.25) is 6.10 Å². The molecule has 0 unspecified atom stereocenters. The first-order valence-corrected chi connectivity index (χ1v) is 10.6. The molecule has 1 amide bonds. The summed E-state index contributed by atoms with van der Waals surface area (Å²) in [5.74, 6) is -0.753. The fourth-order valence-corrected chi connectivity index (χ4v) is 4.15. The van der Waals surface area contributed by atoms with E-state index in [0.717, 1.165) is 29.0 Å². The Kier molecular flexibility index (Phi) is 5.71. The van der Waals surface area contributed by atoms with E-state index in [9.17, 15) is 9.59 Å². The van der Waals surface area contributed by atoms with Gasteiger partial charge in [0, 0.05) is 29.6 Å². The number of aryl methyl sites for hydroxylation is 1. The monoisotopic (exact) mass is 406 g/mol. The van der Waals surface area contributed by atoms with Gasteiger partial charge in [-0.2, -0.15) is 0 Å². The Labute approximate surface area is 174 Å². The van der Waals surface area contributed by atoms with Crippen molar-refractivity contribution in [1.82, 2.24) is 9.88 Å². The number of hydrogen-bond acceptors (Lipinski definition) is 5. The molecule has 0 saturated carbocycles. The van der Waals surface area contributed by atoms with Gasteiger partial charge in [0.15, 0.2) is 5.69 Å². The largest absolute Gasteiger partial charge is 0.443 e. The zero-order valence-electron chi connectivity index (χ0n) is 16.2. The van der Waals surface area contributed by atoms with Crippen LogP contribution in [0, 0.1) is 6.92 Å². The number of carbonyl (C=O) groups excluding carboxylic acids is 2. The number of amides is 1. The summed E-state index contributed by atoms with van der Waals surface area (Å²) in [7, 11) is 0. The van der Waals surface area contributed by atoms with Crippen molar-refractivity contribution in [3.05, 3.63) is 76.8 Å². The third-order valence-electron chi connectivity index (χ3n) is 4.98. The van der Waals surface area contributed by atoms with Crippen LogP contribution in [0.5, 0.6) is 0 Å². The molecule has 0 spiro atoms.